The van der Waals surface area contributed by atoms with E-state index >= 15 is 0 Å². The SMILES string of the molecule is CC(C)C[C@H](NC(=O)[C@@H](N)CC(N)=O)C(=O)N[C@@H](CO)C(=O)NCC(=O)O. The number of aliphatic hydroxyl groups excluding tert-OH is 1. The van der Waals surface area contributed by atoms with Crippen LogP contribution in [0.15, 0.2) is 0 Å². The summed E-state index contributed by atoms with van der Waals surface area (Å²) >= 11 is 0. The predicted octanol–water partition coefficient (Wildman–Crippen LogP) is -3.60. The van der Waals surface area contributed by atoms with E-state index in [0.29, 0.717) is 0 Å². The Balaban J connectivity index is 5.02. The summed E-state index contributed by atoms with van der Waals surface area (Å²) in [5, 5.41) is 24.5. The lowest BCUT2D eigenvalue weighted by molar-refractivity contribution is -0.139. The molecule has 0 spiro atoms. The average Bonchev–Trinajstić information content (AvgIpc) is 2.55. The molecule has 0 aromatic heterocycles. The number of carbonyl (C=O) groups is 5. The Labute approximate surface area is 156 Å². The highest BCUT2D eigenvalue weighted by Gasteiger charge is 2.28. The zero-order chi connectivity index (χ0) is 21.1. The summed E-state index contributed by atoms with van der Waals surface area (Å²) in [6, 6.07) is -3.72. The molecule has 0 saturated carbocycles. The Morgan fingerprint density at radius 1 is 0.963 bits per heavy atom. The van der Waals surface area contributed by atoms with Crippen LogP contribution in [0.3, 0.4) is 0 Å². The fourth-order valence-corrected chi connectivity index (χ4v) is 2.04. The summed E-state index contributed by atoms with van der Waals surface area (Å²) in [7, 11) is 0. The zero-order valence-corrected chi connectivity index (χ0v) is 15.2. The van der Waals surface area contributed by atoms with Crippen molar-refractivity contribution in [3.05, 3.63) is 0 Å². The van der Waals surface area contributed by atoms with Gasteiger partial charge in [-0.1, -0.05) is 13.8 Å². The van der Waals surface area contributed by atoms with Gasteiger partial charge in [0.2, 0.25) is 23.6 Å². The maximum absolute atomic E-state index is 12.4. The second-order valence-corrected chi connectivity index (χ2v) is 6.32. The van der Waals surface area contributed by atoms with Crippen molar-refractivity contribution in [3.63, 3.8) is 0 Å². The molecule has 0 bridgehead atoms. The molecule has 0 aliphatic heterocycles. The minimum atomic E-state index is -1.40. The molecule has 154 valence electrons. The lowest BCUT2D eigenvalue weighted by atomic mass is 10.0. The standard InChI is InChI=1S/C15H27N5O7/c1-7(2)3-9(19-13(25)8(16)4-11(17)22)15(27)20-10(6-21)14(26)18-5-12(23)24/h7-10,21H,3-6,16H2,1-2H3,(H2,17,22)(H,18,26)(H,19,25)(H,20,27)(H,23,24)/t8-,9-,10-/m0/s1. The first-order chi connectivity index (χ1) is 12.5. The van der Waals surface area contributed by atoms with Gasteiger partial charge >= 0.3 is 5.97 Å². The van der Waals surface area contributed by atoms with Crippen LogP contribution in [0.2, 0.25) is 0 Å². The molecule has 12 heteroatoms. The Kier molecular flexibility index (Phi) is 10.6. The van der Waals surface area contributed by atoms with Crippen molar-refractivity contribution in [2.24, 2.45) is 17.4 Å². The van der Waals surface area contributed by atoms with E-state index in [2.05, 4.69) is 10.6 Å². The number of carbonyl (C=O) groups excluding carboxylic acids is 4. The quantitative estimate of drug-likeness (QED) is 0.176. The summed E-state index contributed by atoms with van der Waals surface area (Å²) in [6.45, 7) is 2.12. The minimum Gasteiger partial charge on any atom is -0.480 e. The van der Waals surface area contributed by atoms with Crippen LogP contribution in [-0.2, 0) is 24.0 Å². The van der Waals surface area contributed by atoms with Crippen LogP contribution in [-0.4, -0.2) is 71.1 Å². The average molecular weight is 389 g/mol. The molecule has 0 heterocycles. The van der Waals surface area contributed by atoms with Crippen molar-refractivity contribution in [1.82, 2.24) is 16.0 Å². The van der Waals surface area contributed by atoms with Gasteiger partial charge in [0.05, 0.1) is 19.1 Å². The number of aliphatic carboxylic acids is 1. The number of rotatable bonds is 12. The Morgan fingerprint density at radius 2 is 1.52 bits per heavy atom. The van der Waals surface area contributed by atoms with E-state index in [9.17, 15) is 29.1 Å². The highest BCUT2D eigenvalue weighted by Crippen LogP contribution is 2.06. The molecule has 4 amide bonds. The van der Waals surface area contributed by atoms with E-state index in [-0.39, 0.29) is 12.3 Å². The van der Waals surface area contributed by atoms with Crippen LogP contribution in [0.5, 0.6) is 0 Å². The fourth-order valence-electron chi connectivity index (χ4n) is 2.04. The third kappa shape index (κ3) is 10.1. The molecule has 0 saturated heterocycles. The summed E-state index contributed by atoms with van der Waals surface area (Å²) in [5.74, 6) is -4.54. The normalized spacial score (nSPS) is 14.0. The van der Waals surface area contributed by atoms with Crippen molar-refractivity contribution in [3.8, 4) is 0 Å². The molecule has 0 aliphatic carbocycles. The van der Waals surface area contributed by atoms with E-state index in [1.165, 1.54) is 0 Å². The molecule has 0 rings (SSSR count). The predicted molar refractivity (Wildman–Crippen MR) is 92.8 cm³/mol. The zero-order valence-electron chi connectivity index (χ0n) is 15.2. The fraction of sp³-hybridized carbons (Fsp3) is 0.667. The second-order valence-electron chi connectivity index (χ2n) is 6.32. The van der Waals surface area contributed by atoms with E-state index in [4.69, 9.17) is 16.6 Å². The molecule has 0 fully saturated rings. The summed E-state index contributed by atoms with van der Waals surface area (Å²) < 4.78 is 0. The first-order valence-corrected chi connectivity index (χ1v) is 8.22. The van der Waals surface area contributed by atoms with Crippen LogP contribution in [0.4, 0.5) is 0 Å². The molecule has 0 aromatic rings. The number of aliphatic hydroxyl groups is 1. The number of carboxylic acids is 1. The highest BCUT2D eigenvalue weighted by atomic mass is 16.4. The smallest absolute Gasteiger partial charge is 0.322 e. The molecule has 0 unspecified atom stereocenters. The van der Waals surface area contributed by atoms with Crippen LogP contribution in [0.1, 0.15) is 26.7 Å². The Hall–Kier alpha value is -2.73. The summed E-state index contributed by atoms with van der Waals surface area (Å²) in [6.07, 6.45) is -0.214. The van der Waals surface area contributed by atoms with Crippen molar-refractivity contribution in [2.45, 2.75) is 44.8 Å². The van der Waals surface area contributed by atoms with Gasteiger partial charge in [0.25, 0.3) is 0 Å². The van der Waals surface area contributed by atoms with Gasteiger partial charge in [-0.15, -0.1) is 0 Å². The summed E-state index contributed by atoms with van der Waals surface area (Å²) in [4.78, 5) is 57.6. The van der Waals surface area contributed by atoms with E-state index in [0.717, 1.165) is 0 Å². The van der Waals surface area contributed by atoms with E-state index < -0.39 is 67.3 Å². The largest absolute Gasteiger partial charge is 0.480 e. The lowest BCUT2D eigenvalue weighted by Crippen LogP contribution is -2.57. The third-order valence-corrected chi connectivity index (χ3v) is 3.33. The Bertz CT molecular complexity index is 567. The minimum absolute atomic E-state index is 0.0261. The molecule has 9 N–H and O–H groups in total. The number of amides is 4. The maximum atomic E-state index is 12.4. The number of nitrogens with one attached hydrogen (secondary N) is 3. The van der Waals surface area contributed by atoms with Gasteiger partial charge in [0, 0.05) is 0 Å². The highest BCUT2D eigenvalue weighted by molar-refractivity contribution is 5.94. The van der Waals surface area contributed by atoms with Gasteiger partial charge in [0.1, 0.15) is 18.6 Å². The first-order valence-electron chi connectivity index (χ1n) is 8.22. The van der Waals surface area contributed by atoms with Crippen molar-refractivity contribution in [1.29, 1.82) is 0 Å². The molecule has 3 atom stereocenters. The first kappa shape index (κ1) is 24.3. The van der Waals surface area contributed by atoms with Gasteiger partial charge in [-0.05, 0) is 12.3 Å². The molecular weight excluding hydrogens is 362 g/mol. The van der Waals surface area contributed by atoms with Gasteiger partial charge in [-0.3, -0.25) is 24.0 Å². The van der Waals surface area contributed by atoms with Crippen LogP contribution < -0.4 is 27.4 Å². The molecule has 12 nitrogen and oxygen atoms in total. The number of carboxylic acid groups (broad SMARTS) is 1. The van der Waals surface area contributed by atoms with Crippen molar-refractivity contribution in [2.75, 3.05) is 13.2 Å². The Morgan fingerprint density at radius 3 is 1.96 bits per heavy atom. The van der Waals surface area contributed by atoms with E-state index in [1.54, 1.807) is 13.8 Å². The number of hydrogen-bond acceptors (Lipinski definition) is 7. The van der Waals surface area contributed by atoms with Gasteiger partial charge in [0.15, 0.2) is 0 Å². The van der Waals surface area contributed by atoms with Crippen LogP contribution >= 0.6 is 0 Å². The number of hydrogen-bond donors (Lipinski definition) is 7. The monoisotopic (exact) mass is 389 g/mol. The molecule has 0 aromatic carbocycles. The molecule has 0 radical (unpaired) electrons. The number of nitrogens with two attached hydrogens (primary N) is 2. The van der Waals surface area contributed by atoms with Crippen molar-refractivity contribution < 1.29 is 34.2 Å². The van der Waals surface area contributed by atoms with E-state index in [1.807, 2.05) is 5.32 Å². The third-order valence-electron chi connectivity index (χ3n) is 3.33. The van der Waals surface area contributed by atoms with Gasteiger partial charge in [-0.25, -0.2) is 0 Å². The van der Waals surface area contributed by atoms with Gasteiger partial charge in [-0.2, -0.15) is 0 Å². The second kappa shape index (κ2) is 11.8. The van der Waals surface area contributed by atoms with Gasteiger partial charge < -0.3 is 37.6 Å². The van der Waals surface area contributed by atoms with Crippen LogP contribution in [0, 0.1) is 5.92 Å². The summed E-state index contributed by atoms with van der Waals surface area (Å²) in [5.41, 5.74) is 10.5. The molecule has 27 heavy (non-hydrogen) atoms. The lowest BCUT2D eigenvalue weighted by Gasteiger charge is -2.24. The maximum Gasteiger partial charge on any atom is 0.322 e. The molecular formula is C15H27N5O7. The molecule has 0 aliphatic rings. The topological polar surface area (TPSA) is 214 Å². The van der Waals surface area contributed by atoms with Crippen LogP contribution in [0.25, 0.3) is 0 Å². The number of primary amides is 1. The van der Waals surface area contributed by atoms with Crippen molar-refractivity contribution >= 4 is 29.6 Å².